The van der Waals surface area contributed by atoms with Crippen LogP contribution >= 0.6 is 23.2 Å². The van der Waals surface area contributed by atoms with Gasteiger partial charge >= 0.3 is 12.1 Å². The van der Waals surface area contributed by atoms with Crippen LogP contribution in [-0.2, 0) is 17.6 Å². The molecule has 3 rings (SSSR count). The van der Waals surface area contributed by atoms with Crippen LogP contribution in [0.5, 0.6) is 0 Å². The molecule has 7 nitrogen and oxygen atoms in total. The Bertz CT molecular complexity index is 1090. The predicted molar refractivity (Wildman–Crippen MR) is 116 cm³/mol. The van der Waals surface area contributed by atoms with Crippen molar-refractivity contribution in [2.24, 2.45) is 0 Å². The highest BCUT2D eigenvalue weighted by Gasteiger charge is 2.38. The smallest absolute Gasteiger partial charge is 0.350 e. The third-order valence-electron chi connectivity index (χ3n) is 4.73. The number of nitrogens with zero attached hydrogens (tertiary/aromatic N) is 3. The summed E-state index contributed by atoms with van der Waals surface area (Å²) in [6, 6.07) is 10.8. The number of halogens is 5. The van der Waals surface area contributed by atoms with Gasteiger partial charge in [-0.1, -0.05) is 46.6 Å². The predicted octanol–water partition coefficient (Wildman–Crippen LogP) is 5.24. The van der Waals surface area contributed by atoms with Gasteiger partial charge in [0, 0.05) is 46.4 Å². The van der Waals surface area contributed by atoms with Gasteiger partial charge in [-0.15, -0.1) is 0 Å². The molecular formula is C21H19Cl2F3N4O3. The Hall–Kier alpha value is -2.66. The molecular weight excluding hydrogens is 484 g/mol. The summed E-state index contributed by atoms with van der Waals surface area (Å²) in [5.74, 6) is -2.02. The fraction of sp³-hybridized carbons (Fsp3) is 0.286. The molecule has 12 heteroatoms. The maximum Gasteiger partial charge on any atom is 0.471 e. The van der Waals surface area contributed by atoms with Gasteiger partial charge in [0.25, 0.3) is 5.91 Å². The van der Waals surface area contributed by atoms with Crippen LogP contribution in [0.3, 0.4) is 0 Å². The molecule has 33 heavy (non-hydrogen) atoms. The molecule has 0 saturated carbocycles. The summed E-state index contributed by atoms with van der Waals surface area (Å²) in [5.41, 5.74) is 1.26. The van der Waals surface area contributed by atoms with Crippen LogP contribution in [0, 0.1) is 0 Å². The zero-order chi connectivity index (χ0) is 24.2. The Morgan fingerprint density at radius 1 is 1.18 bits per heavy atom. The Balaban J connectivity index is 1.52. The summed E-state index contributed by atoms with van der Waals surface area (Å²) in [5, 5.41) is 8.66. The molecule has 1 atom stereocenters. The molecule has 1 heterocycles. The highest BCUT2D eigenvalue weighted by molar-refractivity contribution is 6.35. The van der Waals surface area contributed by atoms with Crippen molar-refractivity contribution in [3.63, 3.8) is 0 Å². The second kappa shape index (κ2) is 10.5. The summed E-state index contributed by atoms with van der Waals surface area (Å²) in [6.07, 6.45) is -4.72. The number of hydrogen-bond donors (Lipinski definition) is 1. The van der Waals surface area contributed by atoms with Crippen molar-refractivity contribution < 1.29 is 27.3 Å². The summed E-state index contributed by atoms with van der Waals surface area (Å²) in [4.78, 5) is 21.4. The lowest BCUT2D eigenvalue weighted by Gasteiger charge is -2.24. The molecule has 0 saturated heterocycles. The first-order valence-corrected chi connectivity index (χ1v) is 10.4. The summed E-state index contributed by atoms with van der Waals surface area (Å²) < 4.78 is 42.0. The maximum absolute atomic E-state index is 12.6. The van der Waals surface area contributed by atoms with Crippen molar-refractivity contribution in [2.75, 3.05) is 13.6 Å². The third-order valence-corrected chi connectivity index (χ3v) is 5.43. The minimum atomic E-state index is -4.72. The Morgan fingerprint density at radius 2 is 1.82 bits per heavy atom. The van der Waals surface area contributed by atoms with Crippen LogP contribution in [-0.4, -0.2) is 40.7 Å². The van der Waals surface area contributed by atoms with E-state index in [0.29, 0.717) is 21.2 Å². The van der Waals surface area contributed by atoms with Crippen molar-refractivity contribution >= 4 is 29.1 Å². The SMILES string of the molecule is CC(CNC(=O)c1ccc(-c2noc(C(F)(F)F)n2)cc1)N(C)OCc1c(Cl)cccc1Cl. The van der Waals surface area contributed by atoms with E-state index in [1.165, 1.54) is 24.3 Å². The second-order valence-corrected chi connectivity index (χ2v) is 7.89. The molecule has 0 aliphatic heterocycles. The van der Waals surface area contributed by atoms with E-state index in [9.17, 15) is 18.0 Å². The van der Waals surface area contributed by atoms with Gasteiger partial charge in [-0.3, -0.25) is 9.63 Å². The van der Waals surface area contributed by atoms with Gasteiger partial charge in [-0.25, -0.2) is 0 Å². The number of hydrogen-bond acceptors (Lipinski definition) is 6. The highest BCUT2D eigenvalue weighted by atomic mass is 35.5. The van der Waals surface area contributed by atoms with Crippen LogP contribution in [0.2, 0.25) is 10.0 Å². The number of aromatic nitrogens is 2. The van der Waals surface area contributed by atoms with Crippen LogP contribution in [0.4, 0.5) is 13.2 Å². The Morgan fingerprint density at radius 3 is 2.39 bits per heavy atom. The first-order chi connectivity index (χ1) is 15.6. The molecule has 2 aromatic carbocycles. The lowest BCUT2D eigenvalue weighted by molar-refractivity contribution is -0.172. The van der Waals surface area contributed by atoms with Gasteiger partial charge in [-0.05, 0) is 31.2 Å². The van der Waals surface area contributed by atoms with E-state index in [0.717, 1.165) is 0 Å². The van der Waals surface area contributed by atoms with Gasteiger partial charge in [0.15, 0.2) is 0 Å². The van der Waals surface area contributed by atoms with E-state index in [1.807, 2.05) is 6.92 Å². The van der Waals surface area contributed by atoms with E-state index < -0.39 is 12.1 Å². The van der Waals surface area contributed by atoms with E-state index in [1.54, 1.807) is 30.3 Å². The van der Waals surface area contributed by atoms with Gasteiger partial charge in [0.05, 0.1) is 6.61 Å². The van der Waals surface area contributed by atoms with Crippen molar-refractivity contribution in [2.45, 2.75) is 25.7 Å². The zero-order valence-electron chi connectivity index (χ0n) is 17.5. The van der Waals surface area contributed by atoms with Crippen LogP contribution in [0.1, 0.15) is 28.7 Å². The van der Waals surface area contributed by atoms with Crippen molar-refractivity contribution in [3.8, 4) is 11.4 Å². The molecule has 0 bridgehead atoms. The van der Waals surface area contributed by atoms with Gasteiger partial charge in [0.2, 0.25) is 5.82 Å². The van der Waals surface area contributed by atoms with Crippen molar-refractivity contribution in [1.29, 1.82) is 0 Å². The molecule has 1 unspecified atom stereocenters. The zero-order valence-corrected chi connectivity index (χ0v) is 19.0. The van der Waals surface area contributed by atoms with E-state index in [2.05, 4.69) is 20.0 Å². The average molecular weight is 503 g/mol. The number of rotatable bonds is 8. The second-order valence-electron chi connectivity index (χ2n) is 7.08. The highest BCUT2D eigenvalue weighted by Crippen LogP contribution is 2.29. The van der Waals surface area contributed by atoms with E-state index in [-0.39, 0.29) is 36.5 Å². The van der Waals surface area contributed by atoms with Crippen molar-refractivity contribution in [1.82, 2.24) is 20.5 Å². The Labute approximate surface area is 197 Å². The van der Waals surface area contributed by atoms with Crippen molar-refractivity contribution in [3.05, 3.63) is 69.5 Å². The number of benzene rings is 2. The molecule has 1 amide bonds. The standard InChI is InChI=1S/C21H19Cl2F3N4O3/c1-12(30(2)32-11-15-16(22)4-3-5-17(15)23)10-27-19(31)14-8-6-13(7-9-14)18-28-20(33-29-18)21(24,25)26/h3-9,12H,10-11H2,1-2H3,(H,27,31). The first kappa shape index (κ1) is 25.0. The number of likely N-dealkylation sites (N-methyl/N-ethyl adjacent to an activating group) is 1. The number of nitrogens with one attached hydrogen (secondary N) is 1. The Kier molecular flexibility index (Phi) is 7.96. The fourth-order valence-electron chi connectivity index (χ4n) is 2.66. The average Bonchev–Trinajstić information content (AvgIpc) is 3.28. The first-order valence-electron chi connectivity index (χ1n) is 9.64. The lowest BCUT2D eigenvalue weighted by atomic mass is 10.1. The van der Waals surface area contributed by atoms with Crippen LogP contribution in [0.25, 0.3) is 11.4 Å². The third kappa shape index (κ3) is 6.44. The van der Waals surface area contributed by atoms with E-state index >= 15 is 0 Å². The number of hydroxylamine groups is 2. The number of carbonyl (C=O) groups excluding carboxylic acids is 1. The topological polar surface area (TPSA) is 80.5 Å². The minimum Gasteiger partial charge on any atom is -0.350 e. The maximum atomic E-state index is 12.6. The molecule has 0 aliphatic carbocycles. The fourth-order valence-corrected chi connectivity index (χ4v) is 3.17. The number of alkyl halides is 3. The van der Waals surface area contributed by atoms with Crippen LogP contribution < -0.4 is 5.32 Å². The molecule has 0 spiro atoms. The monoisotopic (exact) mass is 502 g/mol. The minimum absolute atomic E-state index is 0.168. The quantitative estimate of drug-likeness (QED) is 0.424. The number of amides is 1. The number of carbonyl (C=O) groups is 1. The normalized spacial score (nSPS) is 12.7. The molecule has 3 aromatic rings. The van der Waals surface area contributed by atoms with Crippen LogP contribution in [0.15, 0.2) is 47.0 Å². The molecule has 0 aliphatic rings. The van der Waals surface area contributed by atoms with Gasteiger partial charge in [0.1, 0.15) is 0 Å². The molecule has 176 valence electrons. The molecule has 1 N–H and O–H groups in total. The molecule has 0 radical (unpaired) electrons. The lowest BCUT2D eigenvalue weighted by Crippen LogP contribution is -2.40. The molecule has 0 fully saturated rings. The van der Waals surface area contributed by atoms with Gasteiger partial charge < -0.3 is 9.84 Å². The molecule has 1 aromatic heterocycles. The summed E-state index contributed by atoms with van der Waals surface area (Å²) in [6.45, 7) is 2.29. The summed E-state index contributed by atoms with van der Waals surface area (Å²) >= 11 is 12.3. The van der Waals surface area contributed by atoms with E-state index in [4.69, 9.17) is 28.0 Å². The summed E-state index contributed by atoms with van der Waals surface area (Å²) in [7, 11) is 1.72. The van der Waals surface area contributed by atoms with Gasteiger partial charge in [-0.2, -0.15) is 23.2 Å². The largest absolute Gasteiger partial charge is 0.471 e.